The molecule has 0 saturated heterocycles. The van der Waals surface area contributed by atoms with Crippen molar-refractivity contribution in [3.63, 3.8) is 0 Å². The molecule has 2 aromatic carbocycles. The SMILES string of the molecule is N#Cc1ccc(CC(=O)NC(CCN(CCCCc2ccc3c(n2)NCCC3)CCOc2ccccc2)C(=O)O)cc1. The number of aromatic nitrogens is 1. The summed E-state index contributed by atoms with van der Waals surface area (Å²) >= 11 is 0. The number of aryl methyl sites for hydroxylation is 2. The van der Waals surface area contributed by atoms with Crippen LogP contribution in [-0.4, -0.2) is 65.7 Å². The van der Waals surface area contributed by atoms with Gasteiger partial charge in [-0.3, -0.25) is 9.69 Å². The maximum Gasteiger partial charge on any atom is 0.326 e. The number of nitrogens with zero attached hydrogens (tertiary/aromatic N) is 3. The lowest BCUT2D eigenvalue weighted by Crippen LogP contribution is -2.44. The van der Waals surface area contributed by atoms with E-state index in [9.17, 15) is 14.7 Å². The van der Waals surface area contributed by atoms with Crippen molar-refractivity contribution in [1.82, 2.24) is 15.2 Å². The lowest BCUT2D eigenvalue weighted by molar-refractivity contribution is -0.142. The molecule has 42 heavy (non-hydrogen) atoms. The lowest BCUT2D eigenvalue weighted by Gasteiger charge is -2.24. The largest absolute Gasteiger partial charge is 0.492 e. The second-order valence-corrected chi connectivity index (χ2v) is 10.5. The molecule has 220 valence electrons. The van der Waals surface area contributed by atoms with Gasteiger partial charge in [-0.25, -0.2) is 9.78 Å². The van der Waals surface area contributed by atoms with Crippen molar-refractivity contribution in [3.8, 4) is 11.8 Å². The maximum absolute atomic E-state index is 12.6. The summed E-state index contributed by atoms with van der Waals surface area (Å²) in [4.78, 5) is 31.6. The van der Waals surface area contributed by atoms with Crippen molar-refractivity contribution in [2.45, 2.75) is 51.0 Å². The molecule has 0 aliphatic carbocycles. The molecule has 0 radical (unpaired) electrons. The van der Waals surface area contributed by atoms with Crippen LogP contribution >= 0.6 is 0 Å². The molecule has 1 unspecified atom stereocenters. The molecule has 1 amide bonds. The predicted molar refractivity (Wildman–Crippen MR) is 161 cm³/mol. The molecule has 1 aromatic heterocycles. The number of amides is 1. The number of nitrogens with one attached hydrogen (secondary N) is 2. The molecule has 2 heterocycles. The fourth-order valence-electron chi connectivity index (χ4n) is 4.99. The summed E-state index contributed by atoms with van der Waals surface area (Å²) in [5, 5.41) is 24.8. The first-order valence-electron chi connectivity index (χ1n) is 14.6. The molecule has 1 aliphatic heterocycles. The smallest absolute Gasteiger partial charge is 0.326 e. The van der Waals surface area contributed by atoms with Gasteiger partial charge in [0.05, 0.1) is 18.1 Å². The number of aliphatic carboxylic acids is 1. The molecule has 0 spiro atoms. The van der Waals surface area contributed by atoms with E-state index in [1.165, 1.54) is 5.56 Å². The average molecular weight is 570 g/mol. The number of carboxylic acid groups (broad SMARTS) is 1. The van der Waals surface area contributed by atoms with Gasteiger partial charge in [0.15, 0.2) is 0 Å². The highest BCUT2D eigenvalue weighted by Gasteiger charge is 2.21. The molecular formula is C33H39N5O4. The third-order valence-electron chi connectivity index (χ3n) is 7.34. The van der Waals surface area contributed by atoms with Gasteiger partial charge in [-0.2, -0.15) is 5.26 Å². The Balaban J connectivity index is 1.28. The zero-order valence-electron chi connectivity index (χ0n) is 23.9. The Kier molecular flexibility index (Phi) is 11.7. The number of fused-ring (bicyclic) bond motifs is 1. The number of hydrogen-bond acceptors (Lipinski definition) is 7. The topological polar surface area (TPSA) is 128 Å². The van der Waals surface area contributed by atoms with E-state index < -0.39 is 12.0 Å². The molecule has 4 rings (SSSR count). The Morgan fingerprint density at radius 2 is 1.86 bits per heavy atom. The summed E-state index contributed by atoms with van der Waals surface area (Å²) in [6.45, 7) is 3.38. The summed E-state index contributed by atoms with van der Waals surface area (Å²) in [5.74, 6) is 0.385. The Bertz CT molecular complexity index is 1340. The second-order valence-electron chi connectivity index (χ2n) is 10.5. The van der Waals surface area contributed by atoms with Crippen LogP contribution in [0.5, 0.6) is 5.75 Å². The predicted octanol–water partition coefficient (Wildman–Crippen LogP) is 4.22. The van der Waals surface area contributed by atoms with E-state index in [1.807, 2.05) is 36.4 Å². The van der Waals surface area contributed by atoms with Crippen LogP contribution in [0.25, 0.3) is 0 Å². The normalized spacial score (nSPS) is 13.0. The zero-order chi connectivity index (χ0) is 29.6. The minimum absolute atomic E-state index is 0.0520. The molecule has 0 fully saturated rings. The van der Waals surface area contributed by atoms with Gasteiger partial charge in [0.25, 0.3) is 0 Å². The highest BCUT2D eigenvalue weighted by Crippen LogP contribution is 2.20. The van der Waals surface area contributed by atoms with Crippen LogP contribution in [-0.2, 0) is 28.9 Å². The van der Waals surface area contributed by atoms with E-state index in [2.05, 4.69) is 27.7 Å². The monoisotopic (exact) mass is 569 g/mol. The first-order chi connectivity index (χ1) is 20.5. The molecule has 0 bridgehead atoms. The van der Waals surface area contributed by atoms with Gasteiger partial charge in [0, 0.05) is 25.3 Å². The molecule has 9 heteroatoms. The number of carbonyl (C=O) groups is 2. The number of hydrogen-bond donors (Lipinski definition) is 3. The molecular weight excluding hydrogens is 530 g/mol. The van der Waals surface area contributed by atoms with Crippen molar-refractivity contribution in [2.75, 3.05) is 38.1 Å². The van der Waals surface area contributed by atoms with E-state index in [1.54, 1.807) is 24.3 Å². The molecule has 3 N–H and O–H groups in total. The molecule has 1 atom stereocenters. The molecule has 3 aromatic rings. The Morgan fingerprint density at radius 1 is 1.05 bits per heavy atom. The number of ether oxygens (including phenoxy) is 1. The van der Waals surface area contributed by atoms with Crippen molar-refractivity contribution in [2.24, 2.45) is 0 Å². The van der Waals surface area contributed by atoms with Gasteiger partial charge >= 0.3 is 5.97 Å². The summed E-state index contributed by atoms with van der Waals surface area (Å²) in [5.41, 5.74) is 3.60. The number of unbranched alkanes of at least 4 members (excludes halogenated alkanes) is 1. The van der Waals surface area contributed by atoms with Gasteiger partial charge < -0.3 is 20.5 Å². The van der Waals surface area contributed by atoms with Crippen molar-refractivity contribution in [3.05, 3.63) is 89.1 Å². The minimum Gasteiger partial charge on any atom is -0.492 e. The minimum atomic E-state index is -1.06. The Morgan fingerprint density at radius 3 is 2.62 bits per heavy atom. The van der Waals surface area contributed by atoms with Gasteiger partial charge in [-0.1, -0.05) is 36.4 Å². The number of anilines is 1. The number of carboxylic acids is 1. The summed E-state index contributed by atoms with van der Waals surface area (Å²) in [6, 6.07) is 21.7. The zero-order valence-corrected chi connectivity index (χ0v) is 23.9. The van der Waals surface area contributed by atoms with Crippen LogP contribution < -0.4 is 15.4 Å². The van der Waals surface area contributed by atoms with E-state index in [0.717, 1.165) is 68.0 Å². The maximum atomic E-state index is 12.6. The number of rotatable bonds is 16. The first-order valence-corrected chi connectivity index (χ1v) is 14.6. The summed E-state index contributed by atoms with van der Waals surface area (Å²) in [7, 11) is 0. The fraction of sp³-hybridized carbons (Fsp3) is 0.394. The number of nitriles is 1. The van der Waals surface area contributed by atoms with Gasteiger partial charge in [0.2, 0.25) is 5.91 Å². The van der Waals surface area contributed by atoms with E-state index in [0.29, 0.717) is 25.3 Å². The number of benzene rings is 2. The van der Waals surface area contributed by atoms with E-state index >= 15 is 0 Å². The third-order valence-corrected chi connectivity index (χ3v) is 7.34. The van der Waals surface area contributed by atoms with Crippen molar-refractivity contribution >= 4 is 17.7 Å². The Labute approximate surface area is 247 Å². The van der Waals surface area contributed by atoms with Crippen LogP contribution in [0.4, 0.5) is 5.82 Å². The standard InChI is InChI=1S/C33H39N5O4/c34-24-26-13-11-25(12-14-26)23-31(39)37-30(33(40)41)17-20-38(21-22-42-29-9-2-1-3-10-29)19-5-4-8-28-16-15-27-7-6-18-35-32(27)36-28/h1-3,9-16,30H,4-8,17-23H2,(H,35,36)(H,37,39)(H,40,41). The fourth-order valence-corrected chi connectivity index (χ4v) is 4.99. The van der Waals surface area contributed by atoms with Crippen LogP contribution in [0, 0.1) is 11.3 Å². The van der Waals surface area contributed by atoms with E-state index in [-0.39, 0.29) is 18.7 Å². The van der Waals surface area contributed by atoms with Crippen molar-refractivity contribution < 1.29 is 19.4 Å². The summed E-state index contributed by atoms with van der Waals surface area (Å²) < 4.78 is 5.90. The van der Waals surface area contributed by atoms with Gasteiger partial charge in [0.1, 0.15) is 24.2 Å². The van der Waals surface area contributed by atoms with Crippen LogP contribution in [0.15, 0.2) is 66.7 Å². The van der Waals surface area contributed by atoms with Gasteiger partial charge in [-0.15, -0.1) is 0 Å². The third kappa shape index (κ3) is 9.89. The van der Waals surface area contributed by atoms with Gasteiger partial charge in [-0.05, 0) is 86.5 Å². The second kappa shape index (κ2) is 16.1. The first kappa shape index (κ1) is 30.5. The average Bonchev–Trinajstić information content (AvgIpc) is 3.01. The van der Waals surface area contributed by atoms with Crippen LogP contribution in [0.2, 0.25) is 0 Å². The molecule has 0 saturated carbocycles. The number of para-hydroxylation sites is 1. The summed E-state index contributed by atoms with van der Waals surface area (Å²) in [6.07, 6.45) is 5.32. The number of pyridine rings is 1. The van der Waals surface area contributed by atoms with Crippen molar-refractivity contribution in [1.29, 1.82) is 5.26 Å². The quantitative estimate of drug-likeness (QED) is 0.219. The highest BCUT2D eigenvalue weighted by atomic mass is 16.5. The Hall–Kier alpha value is -4.42. The highest BCUT2D eigenvalue weighted by molar-refractivity contribution is 5.84. The van der Waals surface area contributed by atoms with Crippen LogP contribution in [0.3, 0.4) is 0 Å². The lowest BCUT2D eigenvalue weighted by atomic mass is 10.1. The van der Waals surface area contributed by atoms with Crippen LogP contribution in [0.1, 0.15) is 48.1 Å². The number of carbonyl (C=O) groups excluding carboxylic acids is 1. The van der Waals surface area contributed by atoms with E-state index in [4.69, 9.17) is 15.0 Å². The molecule has 9 nitrogen and oxygen atoms in total. The molecule has 1 aliphatic rings.